The molecule has 8 nitrogen and oxygen atoms in total. The fourth-order valence-electron chi connectivity index (χ4n) is 5.52. The Morgan fingerprint density at radius 2 is 0.843 bits per heavy atom. The summed E-state index contributed by atoms with van der Waals surface area (Å²) in [4.78, 5) is 9.81. The molecule has 0 saturated heterocycles. The van der Waals surface area contributed by atoms with Crippen LogP contribution < -0.4 is 10.2 Å². The van der Waals surface area contributed by atoms with Gasteiger partial charge in [-0.05, 0) is 59.4 Å². The van der Waals surface area contributed by atoms with Gasteiger partial charge in [-0.25, -0.2) is 0 Å². The van der Waals surface area contributed by atoms with Crippen LogP contribution in [0.4, 0.5) is 0 Å². The number of hydrogen-bond donors (Lipinski definition) is 0. The number of ether oxygens (including phenoxy) is 2. The fourth-order valence-corrected chi connectivity index (χ4v) is 5.52. The Labute approximate surface area is 310 Å². The van der Waals surface area contributed by atoms with Crippen LogP contribution in [0.25, 0.3) is 44.1 Å². The summed E-state index contributed by atoms with van der Waals surface area (Å²) in [5.74, 6) is 0. The van der Waals surface area contributed by atoms with Gasteiger partial charge in [0.1, 0.15) is 0 Å². The second-order valence-corrected chi connectivity index (χ2v) is 11.5. The third-order valence-corrected chi connectivity index (χ3v) is 7.81. The van der Waals surface area contributed by atoms with Crippen molar-refractivity contribution in [2.24, 2.45) is 10.2 Å². The second kappa shape index (κ2) is 17.7. The van der Waals surface area contributed by atoms with Gasteiger partial charge in [0.15, 0.2) is 12.2 Å². The van der Waals surface area contributed by atoms with Crippen LogP contribution in [0.15, 0.2) is 156 Å². The van der Waals surface area contributed by atoms with Gasteiger partial charge in [-0.2, -0.15) is 0 Å². The molecule has 0 atom stereocenters. The van der Waals surface area contributed by atoms with Crippen LogP contribution in [-0.4, -0.2) is 22.1 Å². The van der Waals surface area contributed by atoms with E-state index in [2.05, 4.69) is 96.8 Å². The third kappa shape index (κ3) is 9.64. The van der Waals surface area contributed by atoms with Crippen molar-refractivity contribution in [2.45, 2.75) is 27.1 Å². The van der Waals surface area contributed by atoms with Gasteiger partial charge in [0.25, 0.3) is 0 Å². The van der Waals surface area contributed by atoms with Crippen LogP contribution in [0.5, 0.6) is 0 Å². The average Bonchev–Trinajstić information content (AvgIpc) is 3.16. The SMILES string of the molecule is Cc1cc(-c2ccccc2)c2ccc3c(-c4ccccc4)cc(C)nc3c2n1.[O-]/C(=N/N=C(/[O-])OCc1ccccc1)OCc1ccccc1.[Pd+2]. The number of aromatic nitrogens is 2. The first kappa shape index (κ1) is 36.4. The molecule has 0 spiro atoms. The van der Waals surface area contributed by atoms with Crippen LogP contribution in [0.1, 0.15) is 22.5 Å². The molecule has 2 heterocycles. The van der Waals surface area contributed by atoms with Gasteiger partial charge < -0.3 is 19.7 Å². The molecule has 51 heavy (non-hydrogen) atoms. The van der Waals surface area contributed by atoms with E-state index in [1.54, 1.807) is 24.3 Å². The van der Waals surface area contributed by atoms with E-state index >= 15 is 0 Å². The number of benzene rings is 5. The van der Waals surface area contributed by atoms with Gasteiger partial charge in [0.05, 0.1) is 11.0 Å². The van der Waals surface area contributed by atoms with E-state index < -0.39 is 12.2 Å². The van der Waals surface area contributed by atoms with Crippen molar-refractivity contribution in [3.05, 3.63) is 168 Å². The van der Waals surface area contributed by atoms with Crippen molar-refractivity contribution in [1.29, 1.82) is 0 Å². The van der Waals surface area contributed by atoms with Crippen molar-refractivity contribution >= 4 is 34.0 Å². The molecule has 0 fully saturated rings. The first-order valence-electron chi connectivity index (χ1n) is 16.1. The molecule has 0 saturated carbocycles. The maximum absolute atomic E-state index is 11.3. The number of aryl methyl sites for hydroxylation is 2. The molecule has 256 valence electrons. The van der Waals surface area contributed by atoms with Crippen LogP contribution in [0.3, 0.4) is 0 Å². The molecule has 7 rings (SSSR count). The number of hydrogen-bond acceptors (Lipinski definition) is 8. The number of fused-ring (bicyclic) bond motifs is 3. The summed E-state index contributed by atoms with van der Waals surface area (Å²) in [5, 5.41) is 31.2. The molecule has 5 aromatic carbocycles. The van der Waals surface area contributed by atoms with E-state index in [1.165, 1.54) is 22.3 Å². The largest absolute Gasteiger partial charge is 2.00 e. The van der Waals surface area contributed by atoms with Crippen molar-refractivity contribution in [1.82, 2.24) is 9.97 Å². The predicted molar refractivity (Wildman–Crippen MR) is 195 cm³/mol. The average molecular weight is 765 g/mol. The first-order chi connectivity index (χ1) is 24.4. The molecule has 0 radical (unpaired) electrons. The summed E-state index contributed by atoms with van der Waals surface area (Å²) in [6, 6.07) is 47.9. The summed E-state index contributed by atoms with van der Waals surface area (Å²) in [7, 11) is 0. The number of rotatable bonds is 7. The topological polar surface area (TPSA) is 115 Å². The molecule has 7 aromatic rings. The van der Waals surface area contributed by atoms with E-state index in [1.807, 2.05) is 48.5 Å². The van der Waals surface area contributed by atoms with Crippen molar-refractivity contribution in [3.63, 3.8) is 0 Å². The van der Waals surface area contributed by atoms with E-state index in [-0.39, 0.29) is 33.6 Å². The molecule has 0 aliphatic rings. The minimum absolute atomic E-state index is 0. The third-order valence-electron chi connectivity index (χ3n) is 7.81. The molecule has 0 bridgehead atoms. The molecule has 0 unspecified atom stereocenters. The van der Waals surface area contributed by atoms with Gasteiger partial charge in [-0.3, -0.25) is 9.97 Å². The standard InChI is InChI=1S/C26H20N2.C16H16N2O4.Pd/c1-17-15-23(19-9-5-3-6-10-19)21-13-14-22-24(20-11-7-4-8-12-20)16-18(2)28-26(22)25(21)27-17;19-15(21-11-13-7-3-1-4-8-13)17-18-16(20)22-12-14-9-5-2-6-10-14;/h3-16H,1-2H3;1-10H,11-12H2,(H,17,19)(H,18,20);/q;;+2/p-2. The predicted octanol–water partition coefficient (Wildman–Crippen LogP) is 7.50. The summed E-state index contributed by atoms with van der Waals surface area (Å²) in [6.45, 7) is 4.24. The molecular formula is C42H34N4O4Pd. The minimum Gasteiger partial charge on any atom is -0.594 e. The summed E-state index contributed by atoms with van der Waals surface area (Å²) in [6.07, 6.45) is -1.89. The van der Waals surface area contributed by atoms with Gasteiger partial charge in [-0.15, -0.1) is 10.2 Å². The zero-order valence-electron chi connectivity index (χ0n) is 28.0. The molecular weight excluding hydrogens is 731 g/mol. The van der Waals surface area contributed by atoms with Crippen LogP contribution >= 0.6 is 0 Å². The van der Waals surface area contributed by atoms with E-state index in [0.29, 0.717) is 0 Å². The fraction of sp³-hybridized carbons (Fsp3) is 0.0952. The van der Waals surface area contributed by atoms with E-state index in [0.717, 1.165) is 44.3 Å². The van der Waals surface area contributed by atoms with Crippen LogP contribution in [0.2, 0.25) is 0 Å². The van der Waals surface area contributed by atoms with Gasteiger partial charge in [0, 0.05) is 35.4 Å². The van der Waals surface area contributed by atoms with E-state index in [4.69, 9.17) is 19.4 Å². The van der Waals surface area contributed by atoms with Gasteiger partial charge in [-0.1, -0.05) is 133 Å². The van der Waals surface area contributed by atoms with Crippen molar-refractivity contribution < 1.29 is 40.1 Å². The maximum Gasteiger partial charge on any atom is 2.00 e. The van der Waals surface area contributed by atoms with Crippen molar-refractivity contribution in [2.75, 3.05) is 0 Å². The normalized spacial score (nSPS) is 11.3. The van der Waals surface area contributed by atoms with Crippen LogP contribution in [-0.2, 0) is 43.1 Å². The Morgan fingerprint density at radius 3 is 1.20 bits per heavy atom. The quantitative estimate of drug-likeness (QED) is 0.0546. The summed E-state index contributed by atoms with van der Waals surface area (Å²) in [5.41, 5.74) is 10.4. The Balaban J connectivity index is 0.000000200. The minimum atomic E-state index is -0.944. The zero-order valence-corrected chi connectivity index (χ0v) is 29.6. The second-order valence-electron chi connectivity index (χ2n) is 11.5. The Kier molecular flexibility index (Phi) is 12.6. The van der Waals surface area contributed by atoms with E-state index in [9.17, 15) is 10.2 Å². The molecule has 0 aliphatic heterocycles. The number of nitrogens with zero attached hydrogens (tertiary/aromatic N) is 4. The zero-order chi connectivity index (χ0) is 34.7. The molecule has 0 N–H and O–H groups in total. The first-order valence-corrected chi connectivity index (χ1v) is 16.1. The van der Waals surface area contributed by atoms with Crippen molar-refractivity contribution in [3.8, 4) is 22.3 Å². The Hall–Kier alpha value is -5.88. The smallest absolute Gasteiger partial charge is 0.594 e. The monoisotopic (exact) mass is 764 g/mol. The number of pyridine rings is 2. The van der Waals surface area contributed by atoms with Crippen LogP contribution in [0, 0.1) is 13.8 Å². The molecule has 2 aromatic heterocycles. The maximum atomic E-state index is 11.3. The van der Waals surface area contributed by atoms with Gasteiger partial charge in [0.2, 0.25) is 0 Å². The Bertz CT molecular complexity index is 2090. The summed E-state index contributed by atoms with van der Waals surface area (Å²) >= 11 is 0. The summed E-state index contributed by atoms with van der Waals surface area (Å²) < 4.78 is 9.67. The van der Waals surface area contributed by atoms with Gasteiger partial charge >= 0.3 is 20.4 Å². The molecule has 0 amide bonds. The molecule has 0 aliphatic carbocycles. The Morgan fingerprint density at radius 1 is 0.510 bits per heavy atom. The molecule has 9 heteroatoms.